The van der Waals surface area contributed by atoms with E-state index in [-0.39, 0.29) is 5.56 Å². The van der Waals surface area contributed by atoms with Crippen LogP contribution in [-0.2, 0) is 9.53 Å². The number of amides is 1. The van der Waals surface area contributed by atoms with Crippen LogP contribution in [0.4, 0.5) is 5.69 Å². The molecular formula is C22H18N2O6. The molecule has 0 unspecified atom stereocenters. The van der Waals surface area contributed by atoms with Gasteiger partial charge in [0.05, 0.1) is 18.4 Å². The van der Waals surface area contributed by atoms with Gasteiger partial charge in [-0.3, -0.25) is 4.79 Å². The molecule has 1 N–H and O–H groups in total. The lowest BCUT2D eigenvalue weighted by molar-refractivity contribution is -0.605. The third-order valence-corrected chi connectivity index (χ3v) is 4.65. The Morgan fingerprint density at radius 2 is 1.80 bits per heavy atom. The number of methoxy groups -OCH3 is 1. The molecule has 8 heteroatoms. The number of ether oxygens (including phenoxy) is 2. The minimum Gasteiger partial charge on any atom is -0.619 e. The van der Waals surface area contributed by atoms with Gasteiger partial charge in [-0.1, -0.05) is 18.2 Å². The topological polar surface area (TPSA) is 105 Å². The molecule has 2 heterocycles. The number of para-hydroxylation sites is 1. The molecule has 4 aromatic rings. The number of hydrogen-bond acceptors (Lipinski definition) is 6. The molecule has 0 spiro atoms. The van der Waals surface area contributed by atoms with E-state index in [1.165, 1.54) is 38.6 Å². The van der Waals surface area contributed by atoms with Gasteiger partial charge >= 0.3 is 5.97 Å². The lowest BCUT2D eigenvalue weighted by Gasteiger charge is -2.15. The Morgan fingerprint density at radius 1 is 1.07 bits per heavy atom. The fraction of sp³-hybridized carbons (Fsp3) is 0.136. The van der Waals surface area contributed by atoms with E-state index >= 15 is 0 Å². The van der Waals surface area contributed by atoms with Gasteiger partial charge < -0.3 is 24.4 Å². The molecule has 0 bridgehead atoms. The third kappa shape index (κ3) is 3.62. The average Bonchev–Trinajstić information content (AvgIpc) is 3.10. The van der Waals surface area contributed by atoms with Gasteiger partial charge in [0, 0.05) is 29.0 Å². The summed E-state index contributed by atoms with van der Waals surface area (Å²) in [6.45, 7) is 1.45. The quantitative estimate of drug-likeness (QED) is 0.309. The highest BCUT2D eigenvalue weighted by Crippen LogP contribution is 2.36. The summed E-state index contributed by atoms with van der Waals surface area (Å²) < 4.78 is 17.0. The highest BCUT2D eigenvalue weighted by atomic mass is 16.5. The fourth-order valence-corrected chi connectivity index (χ4v) is 3.08. The van der Waals surface area contributed by atoms with Crippen LogP contribution < -0.4 is 14.8 Å². The van der Waals surface area contributed by atoms with Crippen molar-refractivity contribution in [1.82, 2.24) is 0 Å². The second-order valence-corrected chi connectivity index (χ2v) is 6.63. The summed E-state index contributed by atoms with van der Waals surface area (Å²) in [5, 5.41) is 15.6. The first-order chi connectivity index (χ1) is 14.5. The Balaban J connectivity index is 1.55. The number of fused-ring (bicyclic) bond motifs is 3. The molecule has 0 radical (unpaired) electrons. The summed E-state index contributed by atoms with van der Waals surface area (Å²) in [7, 11) is 1.50. The summed E-state index contributed by atoms with van der Waals surface area (Å²) in [5.41, 5.74) is 1.88. The van der Waals surface area contributed by atoms with E-state index in [1.807, 2.05) is 24.3 Å². The lowest BCUT2D eigenvalue weighted by atomic mass is 10.1. The predicted molar refractivity (Wildman–Crippen MR) is 109 cm³/mol. The maximum Gasteiger partial charge on any atom is 0.339 e. The van der Waals surface area contributed by atoms with Crippen LogP contribution in [0.2, 0.25) is 0 Å². The van der Waals surface area contributed by atoms with Crippen LogP contribution >= 0.6 is 0 Å². The zero-order chi connectivity index (χ0) is 21.3. The molecule has 0 aliphatic rings. The van der Waals surface area contributed by atoms with Gasteiger partial charge in [0.1, 0.15) is 16.9 Å². The molecule has 2 aromatic carbocycles. The average molecular weight is 406 g/mol. The summed E-state index contributed by atoms with van der Waals surface area (Å²) >= 11 is 0. The third-order valence-electron chi connectivity index (χ3n) is 4.65. The molecule has 0 aliphatic heterocycles. The van der Waals surface area contributed by atoms with Crippen LogP contribution in [0.15, 0.2) is 65.3 Å². The summed E-state index contributed by atoms with van der Waals surface area (Å²) in [4.78, 5) is 24.7. The molecule has 0 fully saturated rings. The van der Waals surface area contributed by atoms with Crippen LogP contribution in [-0.4, -0.2) is 25.1 Å². The summed E-state index contributed by atoms with van der Waals surface area (Å²) in [6, 6.07) is 13.7. The van der Waals surface area contributed by atoms with Crippen molar-refractivity contribution in [1.29, 1.82) is 0 Å². The van der Waals surface area contributed by atoms with Crippen LogP contribution in [0.1, 0.15) is 17.3 Å². The van der Waals surface area contributed by atoms with Crippen molar-refractivity contribution in [3.8, 4) is 5.75 Å². The number of esters is 1. The Bertz CT molecular complexity index is 1250. The van der Waals surface area contributed by atoms with Gasteiger partial charge in [0.2, 0.25) is 0 Å². The van der Waals surface area contributed by atoms with Crippen molar-refractivity contribution in [3.05, 3.63) is 71.7 Å². The molecule has 4 rings (SSSR count). The van der Waals surface area contributed by atoms with Gasteiger partial charge in [0.25, 0.3) is 5.91 Å². The number of furan rings is 1. The zero-order valence-electron chi connectivity index (χ0n) is 16.2. The van der Waals surface area contributed by atoms with Gasteiger partial charge in [-0.05, 0) is 19.1 Å². The highest BCUT2D eigenvalue weighted by Gasteiger charge is 2.21. The minimum absolute atomic E-state index is 0.169. The maximum absolute atomic E-state index is 12.6. The van der Waals surface area contributed by atoms with Crippen molar-refractivity contribution in [2.24, 2.45) is 0 Å². The Hall–Kier alpha value is -4.07. The standard InChI is InChI=1S/C22H18N2O6/c1-13(29-22(26)14-7-9-24(27)10-8-14)21(25)23-17-12-19-16(11-20(17)28-2)15-5-3-4-6-18(15)30-19/h3-13H,1-2H3,(H,23,25)/t13-/m0/s1. The van der Waals surface area contributed by atoms with E-state index in [9.17, 15) is 14.8 Å². The number of carbonyl (C=O) groups excluding carboxylic acids is 2. The monoisotopic (exact) mass is 406 g/mol. The van der Waals surface area contributed by atoms with E-state index in [1.54, 1.807) is 12.1 Å². The molecule has 2 aromatic heterocycles. The smallest absolute Gasteiger partial charge is 0.339 e. The molecule has 0 saturated heterocycles. The highest BCUT2D eigenvalue weighted by molar-refractivity contribution is 6.08. The van der Waals surface area contributed by atoms with Gasteiger partial charge in [-0.2, -0.15) is 4.73 Å². The molecule has 0 aliphatic carbocycles. The van der Waals surface area contributed by atoms with E-state index in [0.29, 0.717) is 21.8 Å². The van der Waals surface area contributed by atoms with Gasteiger partial charge in [-0.15, -0.1) is 0 Å². The maximum atomic E-state index is 12.6. The normalized spacial score (nSPS) is 11.9. The number of nitrogens with zero attached hydrogens (tertiary/aromatic N) is 1. The molecular weight excluding hydrogens is 388 g/mol. The van der Waals surface area contributed by atoms with E-state index in [4.69, 9.17) is 13.9 Å². The Kier molecular flexibility index (Phi) is 4.97. The molecule has 8 nitrogen and oxygen atoms in total. The summed E-state index contributed by atoms with van der Waals surface area (Å²) in [6.07, 6.45) is 1.27. The van der Waals surface area contributed by atoms with Crippen molar-refractivity contribution in [2.75, 3.05) is 12.4 Å². The van der Waals surface area contributed by atoms with Crippen LogP contribution in [0, 0.1) is 5.21 Å². The number of hydrogen-bond donors (Lipinski definition) is 1. The molecule has 30 heavy (non-hydrogen) atoms. The van der Waals surface area contributed by atoms with Crippen LogP contribution in [0.5, 0.6) is 5.75 Å². The van der Waals surface area contributed by atoms with Crippen molar-refractivity contribution < 1.29 is 28.2 Å². The van der Waals surface area contributed by atoms with Gasteiger partial charge in [0.15, 0.2) is 18.5 Å². The largest absolute Gasteiger partial charge is 0.619 e. The molecule has 152 valence electrons. The fourth-order valence-electron chi connectivity index (χ4n) is 3.08. The van der Waals surface area contributed by atoms with Crippen molar-refractivity contribution in [2.45, 2.75) is 13.0 Å². The lowest BCUT2D eigenvalue weighted by Crippen LogP contribution is -2.30. The number of pyridine rings is 1. The number of benzene rings is 2. The van der Waals surface area contributed by atoms with Crippen LogP contribution in [0.25, 0.3) is 21.9 Å². The van der Waals surface area contributed by atoms with Gasteiger partial charge in [-0.25, -0.2) is 4.79 Å². The first kappa shape index (κ1) is 19.3. The second-order valence-electron chi connectivity index (χ2n) is 6.63. The summed E-state index contributed by atoms with van der Waals surface area (Å²) in [5.74, 6) is -0.797. The Labute approximate surface area is 171 Å². The van der Waals surface area contributed by atoms with E-state index in [0.717, 1.165) is 16.4 Å². The van der Waals surface area contributed by atoms with Crippen molar-refractivity contribution in [3.63, 3.8) is 0 Å². The molecule has 1 amide bonds. The zero-order valence-corrected chi connectivity index (χ0v) is 16.2. The number of carbonyl (C=O) groups is 2. The number of aromatic nitrogens is 1. The minimum atomic E-state index is -1.08. The Morgan fingerprint density at radius 3 is 2.53 bits per heavy atom. The first-order valence-electron chi connectivity index (χ1n) is 9.16. The molecule has 1 atom stereocenters. The second kappa shape index (κ2) is 7.75. The predicted octanol–water partition coefficient (Wildman–Crippen LogP) is 3.41. The SMILES string of the molecule is COc1cc2c(cc1NC(=O)[C@H](C)OC(=O)c1cc[n+]([O-])cc1)oc1ccccc12. The number of rotatable bonds is 5. The molecule has 0 saturated carbocycles. The van der Waals surface area contributed by atoms with Crippen molar-refractivity contribution >= 4 is 39.5 Å². The van der Waals surface area contributed by atoms with E-state index in [2.05, 4.69) is 5.32 Å². The van der Waals surface area contributed by atoms with Crippen LogP contribution in [0.3, 0.4) is 0 Å². The number of anilines is 1. The van der Waals surface area contributed by atoms with E-state index < -0.39 is 18.0 Å². The first-order valence-corrected chi connectivity index (χ1v) is 9.16. The number of nitrogens with one attached hydrogen (secondary N) is 1.